The molecule has 8 heteroatoms. The van der Waals surface area contributed by atoms with Crippen molar-refractivity contribution in [3.63, 3.8) is 0 Å². The van der Waals surface area contributed by atoms with Crippen molar-refractivity contribution in [1.29, 1.82) is 0 Å². The first kappa shape index (κ1) is 20.5. The Hall–Kier alpha value is -4.20. The number of pyridine rings is 1. The van der Waals surface area contributed by atoms with Crippen molar-refractivity contribution in [2.45, 2.75) is 6.54 Å². The molecule has 1 aromatic heterocycles. The SMILES string of the molecule is C=CC(=O)Nc1cc(C(=O)NCc2cc(Oc3ccc(F)cc3)ccn2)ccc1O. The second-order valence-electron chi connectivity index (χ2n) is 6.15. The highest BCUT2D eigenvalue weighted by molar-refractivity contribution is 6.02. The Morgan fingerprint density at radius 2 is 1.87 bits per heavy atom. The van der Waals surface area contributed by atoms with Crippen LogP contribution in [0.25, 0.3) is 0 Å². The number of nitrogens with zero attached hydrogens (tertiary/aromatic N) is 1. The molecule has 152 valence electrons. The number of phenolic OH excluding ortho intramolecular Hbond substituents is 1. The number of carbonyl (C=O) groups excluding carboxylic acids is 2. The van der Waals surface area contributed by atoms with Crippen molar-refractivity contribution >= 4 is 17.5 Å². The number of amides is 2. The van der Waals surface area contributed by atoms with Gasteiger partial charge in [0.25, 0.3) is 5.91 Å². The second kappa shape index (κ2) is 9.33. The molecule has 0 atom stereocenters. The average Bonchev–Trinajstić information content (AvgIpc) is 2.75. The fraction of sp³-hybridized carbons (Fsp3) is 0.0455. The first-order valence-electron chi connectivity index (χ1n) is 8.87. The third-order valence-corrected chi connectivity index (χ3v) is 3.97. The van der Waals surface area contributed by atoms with E-state index in [0.29, 0.717) is 17.2 Å². The van der Waals surface area contributed by atoms with Crippen LogP contribution in [0.2, 0.25) is 0 Å². The van der Waals surface area contributed by atoms with E-state index in [4.69, 9.17) is 4.74 Å². The minimum atomic E-state index is -0.509. The molecule has 0 saturated heterocycles. The van der Waals surface area contributed by atoms with Crippen LogP contribution in [-0.4, -0.2) is 21.9 Å². The molecule has 30 heavy (non-hydrogen) atoms. The molecule has 0 saturated carbocycles. The van der Waals surface area contributed by atoms with Gasteiger partial charge in [0.1, 0.15) is 23.1 Å². The van der Waals surface area contributed by atoms with Crippen LogP contribution in [0, 0.1) is 5.82 Å². The van der Waals surface area contributed by atoms with Gasteiger partial charge in [0.15, 0.2) is 0 Å². The standard InChI is InChI=1S/C22H18FN3O4/c1-2-21(28)26-19-11-14(3-8-20(19)27)22(29)25-13-16-12-18(9-10-24-16)30-17-6-4-15(23)5-7-17/h2-12,27H,1,13H2,(H,25,29)(H,26,28). The van der Waals surface area contributed by atoms with Gasteiger partial charge in [-0.1, -0.05) is 6.58 Å². The fourth-order valence-electron chi connectivity index (χ4n) is 2.49. The lowest BCUT2D eigenvalue weighted by Crippen LogP contribution is -2.23. The number of phenols is 1. The van der Waals surface area contributed by atoms with Crippen molar-refractivity contribution < 1.29 is 23.8 Å². The lowest BCUT2D eigenvalue weighted by molar-refractivity contribution is -0.111. The Morgan fingerprint density at radius 3 is 2.60 bits per heavy atom. The number of benzene rings is 2. The van der Waals surface area contributed by atoms with E-state index in [1.54, 1.807) is 12.1 Å². The summed E-state index contributed by atoms with van der Waals surface area (Å²) >= 11 is 0. The van der Waals surface area contributed by atoms with E-state index in [9.17, 15) is 19.1 Å². The van der Waals surface area contributed by atoms with Crippen LogP contribution in [0.15, 0.2) is 73.4 Å². The van der Waals surface area contributed by atoms with E-state index in [2.05, 4.69) is 22.2 Å². The van der Waals surface area contributed by atoms with Gasteiger partial charge >= 0.3 is 0 Å². The predicted octanol–water partition coefficient (Wildman–Crippen LogP) is 3.77. The summed E-state index contributed by atoms with van der Waals surface area (Å²) in [6.07, 6.45) is 2.59. The monoisotopic (exact) mass is 407 g/mol. The highest BCUT2D eigenvalue weighted by atomic mass is 19.1. The van der Waals surface area contributed by atoms with Crippen LogP contribution in [0.4, 0.5) is 10.1 Å². The molecule has 0 unspecified atom stereocenters. The van der Waals surface area contributed by atoms with Gasteiger partial charge in [0.2, 0.25) is 5.91 Å². The molecule has 3 aromatic rings. The van der Waals surface area contributed by atoms with E-state index >= 15 is 0 Å². The van der Waals surface area contributed by atoms with Crippen molar-refractivity contribution in [3.05, 3.63) is 90.5 Å². The van der Waals surface area contributed by atoms with E-state index < -0.39 is 11.8 Å². The van der Waals surface area contributed by atoms with Gasteiger partial charge in [-0.25, -0.2) is 4.39 Å². The molecule has 0 spiro atoms. The second-order valence-corrected chi connectivity index (χ2v) is 6.15. The van der Waals surface area contributed by atoms with Crippen LogP contribution in [0.3, 0.4) is 0 Å². The van der Waals surface area contributed by atoms with Gasteiger partial charge in [0.05, 0.1) is 17.9 Å². The van der Waals surface area contributed by atoms with E-state index in [-0.39, 0.29) is 29.4 Å². The molecule has 0 fully saturated rings. The van der Waals surface area contributed by atoms with Crippen LogP contribution in [0.1, 0.15) is 16.1 Å². The summed E-state index contributed by atoms with van der Waals surface area (Å²) < 4.78 is 18.6. The lowest BCUT2D eigenvalue weighted by atomic mass is 10.1. The molecule has 0 aliphatic heterocycles. The maximum atomic E-state index is 13.0. The molecule has 7 nitrogen and oxygen atoms in total. The largest absolute Gasteiger partial charge is 0.506 e. The van der Waals surface area contributed by atoms with Crippen molar-refractivity contribution in [1.82, 2.24) is 10.3 Å². The van der Waals surface area contributed by atoms with Crippen LogP contribution < -0.4 is 15.4 Å². The Kier molecular flexibility index (Phi) is 6.39. The summed E-state index contributed by atoms with van der Waals surface area (Å²) in [7, 11) is 0. The molecular formula is C22H18FN3O4. The van der Waals surface area contributed by atoms with Crippen LogP contribution in [-0.2, 0) is 11.3 Å². The van der Waals surface area contributed by atoms with Gasteiger partial charge in [-0.3, -0.25) is 14.6 Å². The Balaban J connectivity index is 1.64. The molecule has 2 amide bonds. The Labute approximate surface area is 171 Å². The Bertz CT molecular complexity index is 1080. The average molecular weight is 407 g/mol. The van der Waals surface area contributed by atoms with Crippen LogP contribution in [0.5, 0.6) is 17.2 Å². The van der Waals surface area contributed by atoms with Gasteiger partial charge in [0, 0.05) is 17.8 Å². The summed E-state index contributed by atoms with van der Waals surface area (Å²) in [5.41, 5.74) is 0.883. The number of rotatable bonds is 7. The van der Waals surface area contributed by atoms with Gasteiger partial charge in [-0.2, -0.15) is 0 Å². The summed E-state index contributed by atoms with van der Waals surface area (Å²) in [4.78, 5) is 28.0. The number of ether oxygens (including phenoxy) is 1. The number of hydrogen-bond acceptors (Lipinski definition) is 5. The third-order valence-electron chi connectivity index (χ3n) is 3.97. The maximum Gasteiger partial charge on any atom is 0.251 e. The molecule has 0 aliphatic carbocycles. The zero-order valence-corrected chi connectivity index (χ0v) is 15.8. The minimum absolute atomic E-state index is 0.0976. The molecule has 1 heterocycles. The highest BCUT2D eigenvalue weighted by Crippen LogP contribution is 2.24. The molecule has 0 aliphatic rings. The molecule has 0 radical (unpaired) electrons. The first-order chi connectivity index (χ1) is 14.4. The van der Waals surface area contributed by atoms with Crippen LogP contribution >= 0.6 is 0 Å². The number of aromatic hydroxyl groups is 1. The molecule has 3 rings (SSSR count). The summed E-state index contributed by atoms with van der Waals surface area (Å²) in [5, 5.41) is 14.9. The number of hydrogen-bond donors (Lipinski definition) is 3. The van der Waals surface area contributed by atoms with E-state index in [1.807, 2.05) is 0 Å². The number of aromatic nitrogens is 1. The van der Waals surface area contributed by atoms with Gasteiger partial charge in [-0.05, 0) is 54.6 Å². The molecule has 2 aromatic carbocycles. The van der Waals surface area contributed by atoms with Crippen molar-refractivity contribution in [2.75, 3.05) is 5.32 Å². The van der Waals surface area contributed by atoms with Crippen molar-refractivity contribution in [3.8, 4) is 17.2 Å². The number of nitrogens with one attached hydrogen (secondary N) is 2. The van der Waals surface area contributed by atoms with Gasteiger partial charge < -0.3 is 20.5 Å². The Morgan fingerprint density at radius 1 is 1.10 bits per heavy atom. The zero-order chi connectivity index (χ0) is 21.5. The topological polar surface area (TPSA) is 101 Å². The first-order valence-corrected chi connectivity index (χ1v) is 8.87. The number of halogens is 1. The summed E-state index contributed by atoms with van der Waals surface area (Å²) in [5.74, 6) is -0.507. The summed E-state index contributed by atoms with van der Waals surface area (Å²) in [6.45, 7) is 3.46. The number of anilines is 1. The fourth-order valence-corrected chi connectivity index (χ4v) is 2.49. The highest BCUT2D eigenvalue weighted by Gasteiger charge is 2.11. The van der Waals surface area contributed by atoms with E-state index in [0.717, 1.165) is 6.08 Å². The molecular weight excluding hydrogens is 389 g/mol. The normalized spacial score (nSPS) is 10.2. The third kappa shape index (κ3) is 5.41. The smallest absolute Gasteiger partial charge is 0.251 e. The molecule has 0 bridgehead atoms. The zero-order valence-electron chi connectivity index (χ0n) is 15.8. The lowest BCUT2D eigenvalue weighted by Gasteiger charge is -2.10. The maximum absolute atomic E-state index is 13.0. The van der Waals surface area contributed by atoms with Gasteiger partial charge in [-0.15, -0.1) is 0 Å². The quantitative estimate of drug-likeness (QED) is 0.409. The summed E-state index contributed by atoms with van der Waals surface area (Å²) in [6, 6.07) is 13.0. The van der Waals surface area contributed by atoms with Crippen molar-refractivity contribution in [2.24, 2.45) is 0 Å². The molecule has 3 N–H and O–H groups in total. The number of carbonyl (C=O) groups is 2. The minimum Gasteiger partial charge on any atom is -0.506 e. The predicted molar refractivity (Wildman–Crippen MR) is 109 cm³/mol. The van der Waals surface area contributed by atoms with E-state index in [1.165, 1.54) is 48.7 Å².